The highest BCUT2D eigenvalue weighted by molar-refractivity contribution is 5.83. The zero-order valence-electron chi connectivity index (χ0n) is 11.4. The first kappa shape index (κ1) is 15.0. The van der Waals surface area contributed by atoms with E-state index in [1.165, 1.54) is 0 Å². The monoisotopic (exact) mass is 265 g/mol. The van der Waals surface area contributed by atoms with Crippen molar-refractivity contribution in [2.24, 2.45) is 0 Å². The zero-order valence-corrected chi connectivity index (χ0v) is 11.4. The van der Waals surface area contributed by atoms with Crippen LogP contribution in [-0.4, -0.2) is 31.6 Å². The molecule has 0 aliphatic rings. The molecule has 1 rings (SSSR count). The van der Waals surface area contributed by atoms with Crippen LogP contribution in [0.3, 0.4) is 0 Å². The number of hydrogen-bond donors (Lipinski definition) is 1. The van der Waals surface area contributed by atoms with Crippen molar-refractivity contribution in [3.63, 3.8) is 0 Å². The molecule has 5 heteroatoms. The van der Waals surface area contributed by atoms with E-state index in [1.54, 1.807) is 38.3 Å². The largest absolute Gasteiger partial charge is 0.497 e. The van der Waals surface area contributed by atoms with Crippen molar-refractivity contribution in [3.8, 4) is 5.75 Å². The van der Waals surface area contributed by atoms with E-state index < -0.39 is 12.1 Å². The molecule has 0 spiro atoms. The molecule has 0 saturated carbocycles. The summed E-state index contributed by atoms with van der Waals surface area (Å²) in [7, 11) is 1.58. The van der Waals surface area contributed by atoms with Crippen molar-refractivity contribution < 1.29 is 19.1 Å². The second kappa shape index (κ2) is 7.41. The van der Waals surface area contributed by atoms with Crippen molar-refractivity contribution in [3.05, 3.63) is 29.8 Å². The second-order valence-electron chi connectivity index (χ2n) is 4.05. The van der Waals surface area contributed by atoms with E-state index in [-0.39, 0.29) is 12.3 Å². The molecular weight excluding hydrogens is 246 g/mol. The Kier molecular flexibility index (Phi) is 5.85. The van der Waals surface area contributed by atoms with Crippen LogP contribution in [0.25, 0.3) is 0 Å². The Morgan fingerprint density at radius 2 is 1.89 bits per heavy atom. The predicted octanol–water partition coefficient (Wildman–Crippen LogP) is 1.31. The second-order valence-corrected chi connectivity index (χ2v) is 4.05. The molecule has 1 N–H and O–H groups in total. The first-order valence-corrected chi connectivity index (χ1v) is 6.17. The van der Waals surface area contributed by atoms with Crippen LogP contribution in [0.5, 0.6) is 5.75 Å². The summed E-state index contributed by atoms with van der Waals surface area (Å²) in [5.41, 5.74) is 0.814. The standard InChI is InChI=1S/C14H19NO4/c1-4-15-14(17)10(2)19-13(16)9-11-5-7-12(18-3)8-6-11/h5-8,10H,4,9H2,1-3H3,(H,15,17)/t10-/m0/s1. The molecule has 104 valence electrons. The lowest BCUT2D eigenvalue weighted by atomic mass is 10.1. The maximum absolute atomic E-state index is 11.7. The van der Waals surface area contributed by atoms with Gasteiger partial charge in [0, 0.05) is 6.54 Å². The van der Waals surface area contributed by atoms with E-state index in [0.29, 0.717) is 6.54 Å². The molecule has 19 heavy (non-hydrogen) atoms. The van der Waals surface area contributed by atoms with Crippen molar-refractivity contribution in [2.75, 3.05) is 13.7 Å². The number of carbonyl (C=O) groups excluding carboxylic acids is 2. The maximum atomic E-state index is 11.7. The third kappa shape index (κ3) is 4.99. The fraction of sp³-hybridized carbons (Fsp3) is 0.429. The number of amides is 1. The SMILES string of the molecule is CCNC(=O)[C@H](C)OC(=O)Cc1ccc(OC)cc1. The van der Waals surface area contributed by atoms with Crippen LogP contribution >= 0.6 is 0 Å². The van der Waals surface area contributed by atoms with Crippen LogP contribution in [0.1, 0.15) is 19.4 Å². The van der Waals surface area contributed by atoms with Gasteiger partial charge in [-0.05, 0) is 31.5 Å². The van der Waals surface area contributed by atoms with Gasteiger partial charge in [-0.2, -0.15) is 0 Å². The fourth-order valence-corrected chi connectivity index (χ4v) is 1.52. The first-order chi connectivity index (χ1) is 9.06. The number of ether oxygens (including phenoxy) is 2. The Labute approximate surface area is 112 Å². The van der Waals surface area contributed by atoms with E-state index in [9.17, 15) is 9.59 Å². The molecule has 5 nitrogen and oxygen atoms in total. The number of benzene rings is 1. The van der Waals surface area contributed by atoms with Gasteiger partial charge in [0.05, 0.1) is 13.5 Å². The van der Waals surface area contributed by atoms with E-state index in [2.05, 4.69) is 5.32 Å². The molecule has 0 saturated heterocycles. The fourth-order valence-electron chi connectivity index (χ4n) is 1.52. The molecule has 0 fully saturated rings. The molecule has 1 amide bonds. The summed E-state index contributed by atoms with van der Waals surface area (Å²) in [5, 5.41) is 2.60. The molecule has 0 unspecified atom stereocenters. The summed E-state index contributed by atoms with van der Waals surface area (Å²) >= 11 is 0. The molecule has 0 radical (unpaired) electrons. The van der Waals surface area contributed by atoms with Crippen molar-refractivity contribution >= 4 is 11.9 Å². The van der Waals surface area contributed by atoms with Gasteiger partial charge in [-0.25, -0.2) is 0 Å². The molecule has 0 bridgehead atoms. The van der Waals surface area contributed by atoms with Gasteiger partial charge in [-0.1, -0.05) is 12.1 Å². The lowest BCUT2D eigenvalue weighted by molar-refractivity contribution is -0.154. The van der Waals surface area contributed by atoms with Crippen LogP contribution in [0.4, 0.5) is 0 Å². The molecule has 0 aliphatic heterocycles. The molecule has 1 atom stereocenters. The van der Waals surface area contributed by atoms with Gasteiger partial charge in [-0.15, -0.1) is 0 Å². The van der Waals surface area contributed by atoms with Crippen molar-refractivity contribution in [1.29, 1.82) is 0 Å². The minimum Gasteiger partial charge on any atom is -0.497 e. The Hall–Kier alpha value is -2.04. The topological polar surface area (TPSA) is 64.6 Å². The third-order valence-corrected chi connectivity index (χ3v) is 2.54. The highest BCUT2D eigenvalue weighted by Crippen LogP contribution is 2.12. The average Bonchev–Trinajstić information content (AvgIpc) is 2.39. The quantitative estimate of drug-likeness (QED) is 0.788. The number of esters is 1. The Bertz CT molecular complexity index is 428. The van der Waals surface area contributed by atoms with Gasteiger partial charge in [0.15, 0.2) is 6.10 Å². The van der Waals surface area contributed by atoms with Gasteiger partial charge < -0.3 is 14.8 Å². The zero-order chi connectivity index (χ0) is 14.3. The molecule has 0 heterocycles. The maximum Gasteiger partial charge on any atom is 0.311 e. The lowest BCUT2D eigenvalue weighted by Crippen LogP contribution is -2.35. The summed E-state index contributed by atoms with van der Waals surface area (Å²) in [6, 6.07) is 7.12. The number of carbonyl (C=O) groups is 2. The number of likely N-dealkylation sites (N-methyl/N-ethyl adjacent to an activating group) is 1. The normalized spacial score (nSPS) is 11.5. The summed E-state index contributed by atoms with van der Waals surface area (Å²) in [5.74, 6) is 0.0160. The van der Waals surface area contributed by atoms with Gasteiger partial charge in [0.25, 0.3) is 5.91 Å². The molecule has 0 aliphatic carbocycles. The van der Waals surface area contributed by atoms with E-state index in [0.717, 1.165) is 11.3 Å². The highest BCUT2D eigenvalue weighted by Gasteiger charge is 2.16. The Morgan fingerprint density at radius 1 is 1.26 bits per heavy atom. The average molecular weight is 265 g/mol. The van der Waals surface area contributed by atoms with Gasteiger partial charge in [-0.3, -0.25) is 9.59 Å². The van der Waals surface area contributed by atoms with Gasteiger partial charge in [0.2, 0.25) is 0 Å². The third-order valence-electron chi connectivity index (χ3n) is 2.54. The molecule has 1 aromatic rings. The van der Waals surface area contributed by atoms with Crippen LogP contribution in [0, 0.1) is 0 Å². The lowest BCUT2D eigenvalue weighted by Gasteiger charge is -2.12. The number of hydrogen-bond acceptors (Lipinski definition) is 4. The number of methoxy groups -OCH3 is 1. The Balaban J connectivity index is 2.48. The van der Waals surface area contributed by atoms with Crippen LogP contribution in [-0.2, 0) is 20.7 Å². The molecule has 0 aromatic heterocycles. The van der Waals surface area contributed by atoms with Crippen LogP contribution < -0.4 is 10.1 Å². The summed E-state index contributed by atoms with van der Waals surface area (Å²) in [6.07, 6.45) is -0.640. The van der Waals surface area contributed by atoms with Crippen molar-refractivity contribution in [1.82, 2.24) is 5.32 Å². The van der Waals surface area contributed by atoms with E-state index in [4.69, 9.17) is 9.47 Å². The van der Waals surface area contributed by atoms with Gasteiger partial charge in [0.1, 0.15) is 5.75 Å². The minimum atomic E-state index is -0.773. The van der Waals surface area contributed by atoms with Crippen LogP contribution in [0.15, 0.2) is 24.3 Å². The number of rotatable bonds is 6. The van der Waals surface area contributed by atoms with Crippen molar-refractivity contribution in [2.45, 2.75) is 26.4 Å². The summed E-state index contributed by atoms with van der Waals surface area (Å²) in [6.45, 7) is 3.87. The van der Waals surface area contributed by atoms with E-state index >= 15 is 0 Å². The Morgan fingerprint density at radius 3 is 2.42 bits per heavy atom. The smallest absolute Gasteiger partial charge is 0.311 e. The minimum absolute atomic E-state index is 0.133. The first-order valence-electron chi connectivity index (χ1n) is 6.17. The van der Waals surface area contributed by atoms with Crippen LogP contribution in [0.2, 0.25) is 0 Å². The molecule has 1 aromatic carbocycles. The highest BCUT2D eigenvalue weighted by atomic mass is 16.5. The summed E-state index contributed by atoms with van der Waals surface area (Å²) in [4.78, 5) is 23.1. The molecular formula is C14H19NO4. The van der Waals surface area contributed by atoms with Gasteiger partial charge >= 0.3 is 5.97 Å². The summed E-state index contributed by atoms with van der Waals surface area (Å²) < 4.78 is 10.1. The number of nitrogens with one attached hydrogen (secondary N) is 1. The predicted molar refractivity (Wildman–Crippen MR) is 70.9 cm³/mol. The van der Waals surface area contributed by atoms with E-state index in [1.807, 2.05) is 6.92 Å².